The lowest BCUT2D eigenvalue weighted by Gasteiger charge is -2.09. The topological polar surface area (TPSA) is 33.0 Å². The highest BCUT2D eigenvalue weighted by molar-refractivity contribution is 6.22. The second-order valence-electron chi connectivity index (χ2n) is 2.15. The number of alkyl halides is 1. The third-order valence-electron chi connectivity index (χ3n) is 1.24. The number of nitrogens with zero attached hydrogens (tertiary/aromatic N) is 1. The van der Waals surface area contributed by atoms with E-state index in [0.717, 1.165) is 6.42 Å². The predicted molar refractivity (Wildman–Crippen MR) is 41.0 cm³/mol. The van der Waals surface area contributed by atoms with Gasteiger partial charge >= 0.3 is 0 Å². The lowest BCUT2D eigenvalue weighted by atomic mass is 10.3. The zero-order valence-corrected chi connectivity index (χ0v) is 7.06. The van der Waals surface area contributed by atoms with Crippen LogP contribution in [0.15, 0.2) is 0 Å². The minimum Gasteiger partial charge on any atom is -0.376 e. The van der Waals surface area contributed by atoms with Crippen molar-refractivity contribution in [1.82, 2.24) is 0 Å². The molecular weight excluding hydrogens is 150 g/mol. The van der Waals surface area contributed by atoms with Crippen LogP contribution >= 0.6 is 11.6 Å². The van der Waals surface area contributed by atoms with E-state index in [4.69, 9.17) is 21.6 Å². The molecule has 0 saturated heterocycles. The van der Waals surface area contributed by atoms with Gasteiger partial charge in [-0.2, -0.15) is 5.26 Å². The van der Waals surface area contributed by atoms with E-state index >= 15 is 0 Å². The van der Waals surface area contributed by atoms with E-state index in [1.54, 1.807) is 0 Å². The molecule has 58 valence electrons. The van der Waals surface area contributed by atoms with Crippen LogP contribution < -0.4 is 0 Å². The zero-order valence-electron chi connectivity index (χ0n) is 6.30. The summed E-state index contributed by atoms with van der Waals surface area (Å²) in [5, 5.41) is 7.75. The highest BCUT2D eigenvalue weighted by atomic mass is 35.5. The van der Waals surface area contributed by atoms with Crippen molar-refractivity contribution in [2.24, 2.45) is 0 Å². The first kappa shape index (κ1) is 9.74. The van der Waals surface area contributed by atoms with E-state index < -0.39 is 5.38 Å². The number of halogens is 1. The van der Waals surface area contributed by atoms with E-state index in [1.165, 1.54) is 0 Å². The molecule has 0 aromatic carbocycles. The Hall–Kier alpha value is -0.260. The Morgan fingerprint density at radius 1 is 1.70 bits per heavy atom. The first-order valence-electron chi connectivity index (χ1n) is 3.36. The van der Waals surface area contributed by atoms with Crippen molar-refractivity contribution in [2.45, 2.75) is 31.7 Å². The smallest absolute Gasteiger partial charge is 0.143 e. The Bertz CT molecular complexity index is 121. The first-order valence-corrected chi connectivity index (χ1v) is 3.79. The fourth-order valence-corrected chi connectivity index (χ4v) is 0.477. The molecular formula is C7H12ClNO. The summed E-state index contributed by atoms with van der Waals surface area (Å²) in [6.07, 6.45) is 1.16. The van der Waals surface area contributed by atoms with Crippen LogP contribution in [0.1, 0.15) is 20.3 Å². The van der Waals surface area contributed by atoms with Gasteiger partial charge in [0.15, 0.2) is 0 Å². The molecule has 10 heavy (non-hydrogen) atoms. The molecule has 0 N–H and O–H groups in total. The van der Waals surface area contributed by atoms with Crippen molar-refractivity contribution in [1.29, 1.82) is 5.26 Å². The Balaban J connectivity index is 3.28. The molecule has 0 spiro atoms. The summed E-state index contributed by atoms with van der Waals surface area (Å²) in [6.45, 7) is 4.31. The average Bonchev–Trinajstić information content (AvgIpc) is 1.99. The predicted octanol–water partition coefficient (Wildman–Crippen LogP) is 1.93. The number of hydrogen-bond acceptors (Lipinski definition) is 2. The fourth-order valence-electron chi connectivity index (χ4n) is 0.404. The lowest BCUT2D eigenvalue weighted by molar-refractivity contribution is 0.0691. The molecule has 2 unspecified atom stereocenters. The second kappa shape index (κ2) is 5.52. The van der Waals surface area contributed by atoms with Gasteiger partial charge in [-0.25, -0.2) is 0 Å². The van der Waals surface area contributed by atoms with Gasteiger partial charge in [-0.15, -0.1) is 11.6 Å². The van der Waals surface area contributed by atoms with Crippen LogP contribution in [0.25, 0.3) is 0 Å². The molecule has 0 aliphatic heterocycles. The molecule has 2 nitrogen and oxygen atoms in total. The van der Waals surface area contributed by atoms with Crippen molar-refractivity contribution in [3.05, 3.63) is 0 Å². The van der Waals surface area contributed by atoms with Crippen LogP contribution in [0, 0.1) is 11.3 Å². The molecule has 0 saturated carbocycles. The Morgan fingerprint density at radius 3 is 2.70 bits per heavy atom. The molecule has 0 aliphatic rings. The SMILES string of the molecule is CCC(C)OCC(Cl)C#N. The molecule has 0 fully saturated rings. The maximum Gasteiger partial charge on any atom is 0.143 e. The van der Waals surface area contributed by atoms with Gasteiger partial charge in [0.25, 0.3) is 0 Å². The second-order valence-corrected chi connectivity index (χ2v) is 2.68. The molecule has 0 amide bonds. The van der Waals surface area contributed by atoms with E-state index in [2.05, 4.69) is 0 Å². The molecule has 0 radical (unpaired) electrons. The summed E-state index contributed by atoms with van der Waals surface area (Å²) in [6, 6.07) is 1.88. The Labute approximate surface area is 66.7 Å². The minimum absolute atomic E-state index is 0.203. The maximum atomic E-state index is 8.26. The number of rotatable bonds is 4. The molecule has 0 aromatic rings. The summed E-state index contributed by atoms with van der Waals surface area (Å²) in [5.41, 5.74) is 0. The summed E-state index contributed by atoms with van der Waals surface area (Å²) in [7, 11) is 0. The summed E-state index contributed by atoms with van der Waals surface area (Å²) < 4.78 is 5.19. The maximum absolute atomic E-state index is 8.26. The first-order chi connectivity index (χ1) is 4.70. The van der Waals surface area contributed by atoms with Crippen molar-refractivity contribution in [2.75, 3.05) is 6.61 Å². The molecule has 0 bridgehead atoms. The Morgan fingerprint density at radius 2 is 2.30 bits per heavy atom. The van der Waals surface area contributed by atoms with Gasteiger partial charge in [-0.05, 0) is 13.3 Å². The number of nitriles is 1. The lowest BCUT2D eigenvalue weighted by Crippen LogP contribution is -2.13. The molecule has 3 heteroatoms. The van der Waals surface area contributed by atoms with Crippen LogP contribution in [-0.4, -0.2) is 18.1 Å². The summed E-state index contributed by atoms with van der Waals surface area (Å²) in [5.74, 6) is 0. The van der Waals surface area contributed by atoms with Crippen molar-refractivity contribution >= 4 is 11.6 Å². The van der Waals surface area contributed by atoms with Gasteiger partial charge in [-0.3, -0.25) is 0 Å². The van der Waals surface area contributed by atoms with E-state index in [0.29, 0.717) is 6.61 Å². The quantitative estimate of drug-likeness (QED) is 0.591. The average molecular weight is 162 g/mol. The third-order valence-corrected chi connectivity index (χ3v) is 1.47. The number of hydrogen-bond donors (Lipinski definition) is 0. The summed E-state index contributed by atoms with van der Waals surface area (Å²) >= 11 is 5.48. The van der Waals surface area contributed by atoms with E-state index in [1.807, 2.05) is 19.9 Å². The van der Waals surface area contributed by atoms with Gasteiger partial charge in [-0.1, -0.05) is 6.92 Å². The molecule has 2 atom stereocenters. The highest BCUT2D eigenvalue weighted by Gasteiger charge is 2.04. The fraction of sp³-hybridized carbons (Fsp3) is 0.857. The van der Waals surface area contributed by atoms with Crippen LogP contribution in [0.2, 0.25) is 0 Å². The number of ether oxygens (including phenoxy) is 1. The molecule has 0 rings (SSSR count). The molecule has 0 aliphatic carbocycles. The normalized spacial score (nSPS) is 15.8. The standard InChI is InChI=1S/C7H12ClNO/c1-3-6(2)10-5-7(8)4-9/h6-7H,3,5H2,1-2H3. The molecule has 0 heterocycles. The van der Waals surface area contributed by atoms with Gasteiger partial charge in [0.05, 0.1) is 18.8 Å². The van der Waals surface area contributed by atoms with Gasteiger partial charge in [0.1, 0.15) is 5.38 Å². The van der Waals surface area contributed by atoms with Crippen molar-refractivity contribution in [3.63, 3.8) is 0 Å². The monoisotopic (exact) mass is 161 g/mol. The summed E-state index contributed by atoms with van der Waals surface area (Å²) in [4.78, 5) is 0. The minimum atomic E-state index is -0.506. The largest absolute Gasteiger partial charge is 0.376 e. The highest BCUT2D eigenvalue weighted by Crippen LogP contribution is 2.00. The van der Waals surface area contributed by atoms with Crippen LogP contribution in [-0.2, 0) is 4.74 Å². The van der Waals surface area contributed by atoms with Crippen molar-refractivity contribution in [3.8, 4) is 6.07 Å². The zero-order chi connectivity index (χ0) is 7.98. The van der Waals surface area contributed by atoms with Crippen LogP contribution in [0.5, 0.6) is 0 Å². The van der Waals surface area contributed by atoms with Gasteiger partial charge in [0, 0.05) is 0 Å². The third kappa shape index (κ3) is 4.60. The molecule has 0 aromatic heterocycles. The Kier molecular flexibility index (Phi) is 5.38. The van der Waals surface area contributed by atoms with E-state index in [-0.39, 0.29) is 6.10 Å². The van der Waals surface area contributed by atoms with Gasteiger partial charge in [0.2, 0.25) is 0 Å². The van der Waals surface area contributed by atoms with Crippen LogP contribution in [0.3, 0.4) is 0 Å². The van der Waals surface area contributed by atoms with E-state index in [9.17, 15) is 0 Å². The van der Waals surface area contributed by atoms with Crippen molar-refractivity contribution < 1.29 is 4.74 Å². The van der Waals surface area contributed by atoms with Gasteiger partial charge < -0.3 is 4.74 Å². The van der Waals surface area contributed by atoms with Crippen LogP contribution in [0.4, 0.5) is 0 Å².